The van der Waals surface area contributed by atoms with Crippen molar-refractivity contribution in [1.82, 2.24) is 4.90 Å². The zero-order valence-corrected chi connectivity index (χ0v) is 13.4. The van der Waals surface area contributed by atoms with E-state index in [1.165, 1.54) is 0 Å². The van der Waals surface area contributed by atoms with E-state index in [0.717, 1.165) is 16.6 Å². The number of halogens is 1. The van der Waals surface area contributed by atoms with Crippen molar-refractivity contribution >= 4 is 21.8 Å². The average Bonchev–Trinajstić information content (AvgIpc) is 2.46. The number of carbonyl (C=O) groups excluding carboxylic acids is 1. The van der Waals surface area contributed by atoms with Crippen molar-refractivity contribution in [1.29, 1.82) is 0 Å². The molecule has 1 heterocycles. The summed E-state index contributed by atoms with van der Waals surface area (Å²) >= 11 is 3.42. The van der Waals surface area contributed by atoms with Crippen molar-refractivity contribution in [2.45, 2.75) is 25.6 Å². The minimum absolute atomic E-state index is 0.0769. The lowest BCUT2D eigenvalue weighted by Crippen LogP contribution is -2.50. The van der Waals surface area contributed by atoms with Crippen LogP contribution in [0.2, 0.25) is 0 Å². The summed E-state index contributed by atoms with van der Waals surface area (Å²) < 4.78 is 10.9. The number of ether oxygens (including phenoxy) is 2. The third kappa shape index (κ3) is 3.96. The lowest BCUT2D eigenvalue weighted by atomic mass is 10.1. The largest absolute Gasteiger partial charge is 0.497 e. The summed E-state index contributed by atoms with van der Waals surface area (Å²) in [5.41, 5.74) is 0.976. The lowest BCUT2D eigenvalue weighted by molar-refractivity contribution is -0.142. The molecule has 1 aromatic carbocycles. The molecule has 2 unspecified atom stereocenters. The van der Waals surface area contributed by atoms with Gasteiger partial charge in [-0.2, -0.15) is 0 Å². The van der Waals surface area contributed by atoms with Crippen molar-refractivity contribution in [2.75, 3.05) is 25.5 Å². The summed E-state index contributed by atoms with van der Waals surface area (Å²) in [6, 6.07) is 7.65. The average molecular weight is 342 g/mol. The molecule has 110 valence electrons. The molecule has 1 aromatic rings. The van der Waals surface area contributed by atoms with Gasteiger partial charge < -0.3 is 14.4 Å². The van der Waals surface area contributed by atoms with Gasteiger partial charge in [-0.25, -0.2) is 0 Å². The molecular weight excluding hydrogens is 322 g/mol. The number of methoxy groups -OCH3 is 1. The number of alkyl halides is 1. The van der Waals surface area contributed by atoms with Crippen LogP contribution in [0.25, 0.3) is 0 Å². The molecule has 0 radical (unpaired) electrons. The number of carbonyl (C=O) groups is 1. The summed E-state index contributed by atoms with van der Waals surface area (Å²) in [5, 5.41) is 0.750. The van der Waals surface area contributed by atoms with Crippen LogP contribution in [0.1, 0.15) is 12.5 Å². The van der Waals surface area contributed by atoms with Crippen LogP contribution in [0.15, 0.2) is 24.3 Å². The Morgan fingerprint density at radius 1 is 1.50 bits per heavy atom. The van der Waals surface area contributed by atoms with Crippen LogP contribution >= 0.6 is 15.9 Å². The Morgan fingerprint density at radius 3 is 3.00 bits per heavy atom. The van der Waals surface area contributed by atoms with Gasteiger partial charge in [0.15, 0.2) is 0 Å². The smallest absolute Gasteiger partial charge is 0.227 e. The first-order valence-electron chi connectivity index (χ1n) is 6.74. The summed E-state index contributed by atoms with van der Waals surface area (Å²) in [6.07, 6.45) is 0.562. The van der Waals surface area contributed by atoms with Gasteiger partial charge in [0.2, 0.25) is 5.91 Å². The van der Waals surface area contributed by atoms with Gasteiger partial charge >= 0.3 is 0 Å². The predicted octanol–water partition coefficient (Wildman–Crippen LogP) is 2.25. The molecule has 1 amide bonds. The topological polar surface area (TPSA) is 38.8 Å². The molecule has 4 nitrogen and oxygen atoms in total. The molecule has 2 rings (SSSR count). The van der Waals surface area contributed by atoms with Crippen LogP contribution in [0.4, 0.5) is 0 Å². The second-order valence-electron chi connectivity index (χ2n) is 5.05. The maximum atomic E-state index is 12.4. The molecule has 0 spiro atoms. The Balaban J connectivity index is 2.00. The zero-order chi connectivity index (χ0) is 14.5. The number of morpholine rings is 1. The van der Waals surface area contributed by atoms with Gasteiger partial charge in [-0.1, -0.05) is 28.1 Å². The Hall–Kier alpha value is -1.07. The van der Waals surface area contributed by atoms with Gasteiger partial charge in [0, 0.05) is 18.4 Å². The van der Waals surface area contributed by atoms with E-state index < -0.39 is 0 Å². The fraction of sp³-hybridized carbons (Fsp3) is 0.533. The van der Waals surface area contributed by atoms with Crippen molar-refractivity contribution in [3.8, 4) is 5.75 Å². The number of hydrogen-bond acceptors (Lipinski definition) is 3. The number of benzene rings is 1. The van der Waals surface area contributed by atoms with Gasteiger partial charge in [0.05, 0.1) is 25.7 Å². The second kappa shape index (κ2) is 7.09. The first kappa shape index (κ1) is 15.3. The Labute approximate surface area is 128 Å². The van der Waals surface area contributed by atoms with Crippen molar-refractivity contribution in [3.05, 3.63) is 29.8 Å². The van der Waals surface area contributed by atoms with Crippen molar-refractivity contribution < 1.29 is 14.3 Å². The summed E-state index contributed by atoms with van der Waals surface area (Å²) in [6.45, 7) is 3.31. The molecule has 0 bridgehead atoms. The predicted molar refractivity (Wildman–Crippen MR) is 81.4 cm³/mol. The third-order valence-corrected chi connectivity index (χ3v) is 4.06. The molecule has 1 saturated heterocycles. The minimum atomic E-state index is 0.0769. The number of nitrogens with zero attached hydrogens (tertiary/aromatic N) is 1. The van der Waals surface area contributed by atoms with Gasteiger partial charge in [-0.05, 0) is 24.6 Å². The third-order valence-electron chi connectivity index (χ3n) is 3.34. The first-order chi connectivity index (χ1) is 9.62. The van der Waals surface area contributed by atoms with Crippen LogP contribution in [-0.2, 0) is 16.0 Å². The molecule has 0 N–H and O–H groups in total. The Bertz CT molecular complexity index is 466. The van der Waals surface area contributed by atoms with Crippen LogP contribution < -0.4 is 4.74 Å². The Kier molecular flexibility index (Phi) is 5.43. The van der Waals surface area contributed by atoms with E-state index in [4.69, 9.17) is 9.47 Å². The van der Waals surface area contributed by atoms with Gasteiger partial charge in [0.1, 0.15) is 5.75 Å². The maximum absolute atomic E-state index is 12.4. The van der Waals surface area contributed by atoms with Crippen LogP contribution in [0.5, 0.6) is 5.75 Å². The molecule has 1 aliphatic heterocycles. The molecular formula is C15H20BrNO3. The van der Waals surface area contributed by atoms with E-state index >= 15 is 0 Å². The highest BCUT2D eigenvalue weighted by Crippen LogP contribution is 2.17. The molecule has 0 aliphatic carbocycles. The SMILES string of the molecule is COc1cccc(CC(=O)N2CC(C)OC(CBr)C2)c1. The van der Waals surface area contributed by atoms with Gasteiger partial charge in [-0.15, -0.1) is 0 Å². The second-order valence-corrected chi connectivity index (χ2v) is 5.70. The Morgan fingerprint density at radius 2 is 2.30 bits per heavy atom. The maximum Gasteiger partial charge on any atom is 0.227 e. The van der Waals surface area contributed by atoms with E-state index in [2.05, 4.69) is 15.9 Å². The first-order valence-corrected chi connectivity index (χ1v) is 7.86. The number of rotatable bonds is 4. The molecule has 0 aromatic heterocycles. The van der Waals surface area contributed by atoms with Crippen LogP contribution in [0, 0.1) is 0 Å². The van der Waals surface area contributed by atoms with E-state index in [0.29, 0.717) is 19.5 Å². The highest BCUT2D eigenvalue weighted by molar-refractivity contribution is 9.09. The molecule has 2 atom stereocenters. The van der Waals surface area contributed by atoms with Gasteiger partial charge in [-0.3, -0.25) is 4.79 Å². The van der Waals surface area contributed by atoms with E-state index in [9.17, 15) is 4.79 Å². The summed E-state index contributed by atoms with van der Waals surface area (Å²) in [7, 11) is 1.63. The van der Waals surface area contributed by atoms with Crippen LogP contribution in [0.3, 0.4) is 0 Å². The lowest BCUT2D eigenvalue weighted by Gasteiger charge is -2.36. The number of amides is 1. The van der Waals surface area contributed by atoms with E-state index in [1.807, 2.05) is 36.1 Å². The number of hydrogen-bond donors (Lipinski definition) is 0. The molecule has 0 saturated carbocycles. The summed E-state index contributed by atoms with van der Waals surface area (Å²) in [5.74, 6) is 0.920. The van der Waals surface area contributed by atoms with Crippen molar-refractivity contribution in [2.24, 2.45) is 0 Å². The fourth-order valence-corrected chi connectivity index (χ4v) is 2.76. The molecule has 20 heavy (non-hydrogen) atoms. The standard InChI is InChI=1S/C15H20BrNO3/c1-11-9-17(10-14(8-16)20-11)15(18)7-12-4-3-5-13(6-12)19-2/h3-6,11,14H,7-10H2,1-2H3. The van der Waals surface area contributed by atoms with E-state index in [1.54, 1.807) is 7.11 Å². The molecule has 1 aliphatic rings. The molecule has 5 heteroatoms. The quantitative estimate of drug-likeness (QED) is 0.788. The van der Waals surface area contributed by atoms with Gasteiger partial charge in [0.25, 0.3) is 0 Å². The highest BCUT2D eigenvalue weighted by Gasteiger charge is 2.27. The monoisotopic (exact) mass is 341 g/mol. The minimum Gasteiger partial charge on any atom is -0.497 e. The molecule has 1 fully saturated rings. The van der Waals surface area contributed by atoms with Crippen molar-refractivity contribution in [3.63, 3.8) is 0 Å². The highest BCUT2D eigenvalue weighted by atomic mass is 79.9. The zero-order valence-electron chi connectivity index (χ0n) is 11.8. The fourth-order valence-electron chi connectivity index (χ4n) is 2.40. The van der Waals surface area contributed by atoms with Crippen LogP contribution in [-0.4, -0.2) is 48.5 Å². The normalized spacial score (nSPS) is 22.6. The van der Waals surface area contributed by atoms with E-state index in [-0.39, 0.29) is 18.1 Å². The summed E-state index contributed by atoms with van der Waals surface area (Å²) in [4.78, 5) is 14.3.